The van der Waals surface area contributed by atoms with E-state index < -0.39 is 3.78 Å². The quantitative estimate of drug-likeness (QED) is 0.626. The Balaban J connectivity index is 2.20. The number of carbonyl (C=O) groups excluding carboxylic acids is 1. The Bertz CT molecular complexity index is 477. The van der Waals surface area contributed by atoms with Gasteiger partial charge in [-0.15, -0.1) is 11.6 Å². The third-order valence-electron chi connectivity index (χ3n) is 2.31. The third-order valence-corrected chi connectivity index (χ3v) is 3.12. The lowest BCUT2D eigenvalue weighted by Gasteiger charge is -2.21. The summed E-state index contributed by atoms with van der Waals surface area (Å²) in [4.78, 5) is 11.0. The van der Waals surface area contributed by atoms with Gasteiger partial charge in [0.05, 0.1) is 5.57 Å². The van der Waals surface area contributed by atoms with E-state index in [1.165, 1.54) is 0 Å². The van der Waals surface area contributed by atoms with E-state index in [9.17, 15) is 4.79 Å². The average molecular weight is 314 g/mol. The van der Waals surface area contributed by atoms with Crippen LogP contribution in [0.25, 0.3) is 0 Å². The number of alkyl halides is 2. The minimum Gasteiger partial charge on any atom is -0.457 e. The number of carbonyl (C=O) groups is 1. The molecule has 0 saturated heterocycles. The lowest BCUT2D eigenvalue weighted by Crippen LogP contribution is -2.16. The Morgan fingerprint density at radius 2 is 2.06 bits per heavy atom. The first-order valence-electron chi connectivity index (χ1n) is 5.10. The third kappa shape index (κ3) is 3.20. The highest BCUT2D eigenvalue weighted by Crippen LogP contribution is 2.36. The predicted octanol–water partition coefficient (Wildman–Crippen LogP) is 3.81. The largest absolute Gasteiger partial charge is 0.457 e. The van der Waals surface area contributed by atoms with Crippen LogP contribution in [-0.2, 0) is 4.79 Å². The Hall–Kier alpha value is -1.06. The molecule has 2 nitrogen and oxygen atoms in total. The molecule has 0 aliphatic heterocycles. The van der Waals surface area contributed by atoms with Gasteiger partial charge in [-0.25, -0.2) is 0 Å². The number of ether oxygens (including phenoxy) is 1. The number of hydrogen-bond donors (Lipinski definition) is 0. The van der Waals surface area contributed by atoms with Crippen LogP contribution in [0, 0.1) is 0 Å². The van der Waals surface area contributed by atoms with Gasteiger partial charge in [-0.1, -0.05) is 34.1 Å². The van der Waals surface area contributed by atoms with E-state index in [0.717, 1.165) is 6.29 Å². The SMILES string of the molecule is O=CC1=CC(Cl)(Br)CC=C1Oc1ccccc1. The zero-order valence-corrected chi connectivity index (χ0v) is 11.2. The van der Waals surface area contributed by atoms with E-state index in [4.69, 9.17) is 16.3 Å². The summed E-state index contributed by atoms with van der Waals surface area (Å²) in [6.07, 6.45) is 4.76. The van der Waals surface area contributed by atoms with Crippen molar-refractivity contribution in [3.05, 3.63) is 53.8 Å². The molecule has 1 aromatic rings. The summed E-state index contributed by atoms with van der Waals surface area (Å²) in [7, 11) is 0. The van der Waals surface area contributed by atoms with Crippen LogP contribution in [0.15, 0.2) is 53.8 Å². The first-order chi connectivity index (χ1) is 8.11. The van der Waals surface area contributed by atoms with Crippen molar-refractivity contribution in [3.63, 3.8) is 0 Å². The van der Waals surface area contributed by atoms with E-state index in [1.807, 2.05) is 30.3 Å². The molecular formula is C13H10BrClO2. The second-order valence-electron chi connectivity index (χ2n) is 3.67. The van der Waals surface area contributed by atoms with Gasteiger partial charge >= 0.3 is 0 Å². The summed E-state index contributed by atoms with van der Waals surface area (Å²) in [6, 6.07) is 9.32. The van der Waals surface area contributed by atoms with Crippen LogP contribution < -0.4 is 4.74 Å². The smallest absolute Gasteiger partial charge is 0.153 e. The standard InChI is InChI=1S/C13H10BrClO2/c14-13(15)7-6-12(10(8-13)9-16)17-11-4-2-1-3-5-11/h1-6,8-9H,7H2. The van der Waals surface area contributed by atoms with E-state index in [0.29, 0.717) is 23.5 Å². The molecule has 0 bridgehead atoms. The van der Waals surface area contributed by atoms with Crippen LogP contribution in [0.4, 0.5) is 0 Å². The second-order valence-corrected chi connectivity index (χ2v) is 6.21. The number of halogens is 2. The second kappa shape index (κ2) is 5.07. The van der Waals surface area contributed by atoms with Crippen LogP contribution >= 0.6 is 27.5 Å². The molecule has 88 valence electrons. The molecule has 0 aromatic heterocycles. The molecule has 2 rings (SSSR count). The van der Waals surface area contributed by atoms with Crippen LogP contribution in [0.2, 0.25) is 0 Å². The molecule has 4 heteroatoms. The van der Waals surface area contributed by atoms with Crippen LogP contribution in [0.3, 0.4) is 0 Å². The Morgan fingerprint density at radius 1 is 1.35 bits per heavy atom. The summed E-state index contributed by atoms with van der Waals surface area (Å²) in [5.74, 6) is 1.24. The maximum absolute atomic E-state index is 11.0. The van der Waals surface area contributed by atoms with Crippen molar-refractivity contribution in [3.8, 4) is 5.75 Å². The van der Waals surface area contributed by atoms with Gasteiger partial charge in [0.25, 0.3) is 0 Å². The number of rotatable bonds is 3. The highest BCUT2D eigenvalue weighted by molar-refractivity contribution is 9.10. The highest BCUT2D eigenvalue weighted by Gasteiger charge is 2.26. The van der Waals surface area contributed by atoms with Crippen LogP contribution in [0.5, 0.6) is 5.75 Å². The molecule has 0 spiro atoms. The van der Waals surface area contributed by atoms with Gasteiger partial charge < -0.3 is 4.74 Å². The molecule has 1 aliphatic carbocycles. The zero-order valence-electron chi connectivity index (χ0n) is 8.90. The molecule has 0 radical (unpaired) electrons. The van der Waals surface area contributed by atoms with Crippen LogP contribution in [-0.4, -0.2) is 10.1 Å². The van der Waals surface area contributed by atoms with Crippen molar-refractivity contribution in [2.45, 2.75) is 10.2 Å². The highest BCUT2D eigenvalue weighted by atomic mass is 79.9. The molecule has 0 N–H and O–H groups in total. The molecule has 1 aromatic carbocycles. The summed E-state index contributed by atoms with van der Waals surface area (Å²) in [6.45, 7) is 0. The maximum atomic E-state index is 11.0. The number of benzene rings is 1. The minimum atomic E-state index is -0.688. The molecule has 0 fully saturated rings. The Kier molecular flexibility index (Phi) is 3.69. The molecule has 0 saturated carbocycles. The topological polar surface area (TPSA) is 26.3 Å². The minimum absolute atomic E-state index is 0.451. The van der Waals surface area contributed by atoms with Gasteiger partial charge in [0.2, 0.25) is 0 Å². The fraction of sp³-hybridized carbons (Fsp3) is 0.154. The molecular weight excluding hydrogens is 303 g/mol. The average Bonchev–Trinajstić information content (AvgIpc) is 2.32. The van der Waals surface area contributed by atoms with Gasteiger partial charge in [-0.3, -0.25) is 4.79 Å². The molecule has 1 atom stereocenters. The van der Waals surface area contributed by atoms with Crippen molar-refractivity contribution < 1.29 is 9.53 Å². The van der Waals surface area contributed by atoms with E-state index in [2.05, 4.69) is 15.9 Å². The van der Waals surface area contributed by atoms with Crippen molar-refractivity contribution in [1.29, 1.82) is 0 Å². The Labute approximate surface area is 113 Å². The van der Waals surface area contributed by atoms with E-state index in [1.54, 1.807) is 12.2 Å². The van der Waals surface area contributed by atoms with Gasteiger partial charge in [-0.2, -0.15) is 0 Å². The number of allylic oxidation sites excluding steroid dienone is 3. The predicted molar refractivity (Wildman–Crippen MR) is 71.4 cm³/mol. The van der Waals surface area contributed by atoms with Crippen molar-refractivity contribution in [2.24, 2.45) is 0 Å². The normalized spacial score (nSPS) is 23.6. The lowest BCUT2D eigenvalue weighted by molar-refractivity contribution is -0.104. The zero-order chi connectivity index (χ0) is 12.3. The number of para-hydroxylation sites is 1. The first kappa shape index (κ1) is 12.4. The fourth-order valence-corrected chi connectivity index (χ4v) is 2.12. The monoisotopic (exact) mass is 312 g/mol. The molecule has 17 heavy (non-hydrogen) atoms. The molecule has 0 heterocycles. The molecule has 1 unspecified atom stereocenters. The summed E-state index contributed by atoms with van der Waals surface area (Å²) in [5.41, 5.74) is 0.451. The van der Waals surface area contributed by atoms with Crippen molar-refractivity contribution in [2.75, 3.05) is 0 Å². The summed E-state index contributed by atoms with van der Waals surface area (Å²) >= 11 is 9.41. The first-order valence-corrected chi connectivity index (χ1v) is 6.27. The summed E-state index contributed by atoms with van der Waals surface area (Å²) < 4.78 is 4.95. The maximum Gasteiger partial charge on any atom is 0.153 e. The lowest BCUT2D eigenvalue weighted by atomic mass is 10.1. The van der Waals surface area contributed by atoms with Gasteiger partial charge in [-0.05, 0) is 24.3 Å². The van der Waals surface area contributed by atoms with E-state index >= 15 is 0 Å². The Morgan fingerprint density at radius 3 is 2.71 bits per heavy atom. The molecule has 1 aliphatic rings. The fourth-order valence-electron chi connectivity index (χ4n) is 1.51. The van der Waals surface area contributed by atoms with Crippen molar-refractivity contribution in [1.82, 2.24) is 0 Å². The number of aldehydes is 1. The number of hydrogen-bond acceptors (Lipinski definition) is 2. The van der Waals surface area contributed by atoms with Crippen molar-refractivity contribution >= 4 is 33.8 Å². The molecule has 0 amide bonds. The van der Waals surface area contributed by atoms with Crippen LogP contribution in [0.1, 0.15) is 6.42 Å². The van der Waals surface area contributed by atoms with Gasteiger partial charge in [0, 0.05) is 6.42 Å². The van der Waals surface area contributed by atoms with E-state index in [-0.39, 0.29) is 0 Å². The van der Waals surface area contributed by atoms with Gasteiger partial charge in [0.15, 0.2) is 6.29 Å². The summed E-state index contributed by atoms with van der Waals surface area (Å²) in [5, 5.41) is 0. The van der Waals surface area contributed by atoms with Gasteiger partial charge in [0.1, 0.15) is 15.3 Å².